The lowest BCUT2D eigenvalue weighted by atomic mass is 10.2. The minimum Gasteiger partial charge on any atom is -0.267 e. The quantitative estimate of drug-likeness (QED) is 0.700. The van der Waals surface area contributed by atoms with Crippen LogP contribution in [0.2, 0.25) is 0 Å². The van der Waals surface area contributed by atoms with Crippen LogP contribution < -0.4 is 5.43 Å². The number of carbonyl (C=O) groups excluding carboxylic acids is 1. The van der Waals surface area contributed by atoms with E-state index in [0.29, 0.717) is 5.56 Å². The standard InChI is InChI=1S/C13H10BrN3O/c14-12-6-2-1-5-11(12)13(18)17-16-9-10-4-3-7-15-8-10/h1-9H,(H,17,18)/b16-9+. The van der Waals surface area contributed by atoms with Crippen molar-refractivity contribution in [3.05, 3.63) is 64.4 Å². The summed E-state index contributed by atoms with van der Waals surface area (Å²) < 4.78 is 0.735. The Kier molecular flexibility index (Phi) is 4.20. The number of hydrazone groups is 1. The van der Waals surface area contributed by atoms with Crippen molar-refractivity contribution in [2.45, 2.75) is 0 Å². The molecule has 1 heterocycles. The van der Waals surface area contributed by atoms with Gasteiger partial charge >= 0.3 is 0 Å². The molecular formula is C13H10BrN3O. The molecule has 0 aliphatic heterocycles. The summed E-state index contributed by atoms with van der Waals surface area (Å²) >= 11 is 3.31. The molecule has 2 rings (SSSR count). The molecular weight excluding hydrogens is 294 g/mol. The van der Waals surface area contributed by atoms with E-state index < -0.39 is 0 Å². The Labute approximate surface area is 113 Å². The van der Waals surface area contributed by atoms with Gasteiger partial charge in [-0.05, 0) is 34.1 Å². The van der Waals surface area contributed by atoms with E-state index in [1.165, 1.54) is 0 Å². The normalized spacial score (nSPS) is 10.5. The Morgan fingerprint density at radius 3 is 2.83 bits per heavy atom. The third kappa shape index (κ3) is 3.24. The van der Waals surface area contributed by atoms with E-state index in [1.54, 1.807) is 42.9 Å². The van der Waals surface area contributed by atoms with E-state index in [-0.39, 0.29) is 5.91 Å². The first-order chi connectivity index (χ1) is 8.77. The fraction of sp³-hybridized carbons (Fsp3) is 0. The second-order valence-corrected chi connectivity index (χ2v) is 4.32. The van der Waals surface area contributed by atoms with Gasteiger partial charge in [0.05, 0.1) is 11.8 Å². The maximum Gasteiger partial charge on any atom is 0.272 e. The van der Waals surface area contributed by atoms with Crippen LogP contribution >= 0.6 is 15.9 Å². The fourth-order valence-corrected chi connectivity index (χ4v) is 1.79. The Morgan fingerprint density at radius 2 is 2.11 bits per heavy atom. The lowest BCUT2D eigenvalue weighted by Gasteiger charge is -2.01. The molecule has 0 bridgehead atoms. The van der Waals surface area contributed by atoms with Crippen LogP contribution in [0.15, 0.2) is 58.4 Å². The molecule has 0 radical (unpaired) electrons. The number of nitrogens with zero attached hydrogens (tertiary/aromatic N) is 2. The molecule has 90 valence electrons. The maximum absolute atomic E-state index is 11.8. The van der Waals surface area contributed by atoms with Gasteiger partial charge in [-0.2, -0.15) is 5.10 Å². The van der Waals surface area contributed by atoms with Gasteiger partial charge in [-0.15, -0.1) is 0 Å². The van der Waals surface area contributed by atoms with Gasteiger partial charge in [0.1, 0.15) is 0 Å². The molecule has 1 aromatic heterocycles. The molecule has 0 aliphatic carbocycles. The van der Waals surface area contributed by atoms with Crippen molar-refractivity contribution in [3.8, 4) is 0 Å². The van der Waals surface area contributed by atoms with Crippen molar-refractivity contribution < 1.29 is 4.79 Å². The van der Waals surface area contributed by atoms with Gasteiger partial charge in [0.15, 0.2) is 0 Å². The monoisotopic (exact) mass is 303 g/mol. The van der Waals surface area contributed by atoms with Crippen LogP contribution in [-0.2, 0) is 0 Å². The summed E-state index contributed by atoms with van der Waals surface area (Å²) in [5.74, 6) is -0.261. The molecule has 1 N–H and O–H groups in total. The Morgan fingerprint density at radius 1 is 1.28 bits per heavy atom. The van der Waals surface area contributed by atoms with E-state index in [9.17, 15) is 4.79 Å². The number of carbonyl (C=O) groups is 1. The average molecular weight is 304 g/mol. The zero-order valence-corrected chi connectivity index (χ0v) is 11.0. The van der Waals surface area contributed by atoms with Crippen LogP contribution in [0.3, 0.4) is 0 Å². The predicted molar refractivity (Wildman–Crippen MR) is 73.4 cm³/mol. The second kappa shape index (κ2) is 6.07. The van der Waals surface area contributed by atoms with Gasteiger partial charge in [0.2, 0.25) is 0 Å². The number of hydrogen-bond acceptors (Lipinski definition) is 3. The smallest absolute Gasteiger partial charge is 0.267 e. The fourth-order valence-electron chi connectivity index (χ4n) is 1.32. The highest BCUT2D eigenvalue weighted by molar-refractivity contribution is 9.10. The van der Waals surface area contributed by atoms with E-state index in [1.807, 2.05) is 12.1 Å². The van der Waals surface area contributed by atoms with Crippen molar-refractivity contribution in [2.75, 3.05) is 0 Å². The van der Waals surface area contributed by atoms with Crippen LogP contribution in [0.4, 0.5) is 0 Å². The molecule has 0 fully saturated rings. The van der Waals surface area contributed by atoms with Crippen LogP contribution in [0.1, 0.15) is 15.9 Å². The summed E-state index contributed by atoms with van der Waals surface area (Å²) in [6.07, 6.45) is 4.88. The number of halogens is 1. The number of pyridine rings is 1. The molecule has 4 nitrogen and oxygen atoms in total. The van der Waals surface area contributed by atoms with Crippen LogP contribution in [0.5, 0.6) is 0 Å². The first-order valence-corrected chi connectivity index (χ1v) is 6.04. The van der Waals surface area contributed by atoms with E-state index >= 15 is 0 Å². The first kappa shape index (κ1) is 12.4. The molecule has 1 aromatic carbocycles. The number of amides is 1. The van der Waals surface area contributed by atoms with E-state index in [0.717, 1.165) is 10.0 Å². The molecule has 0 atom stereocenters. The van der Waals surface area contributed by atoms with Crippen molar-refractivity contribution in [1.29, 1.82) is 0 Å². The summed E-state index contributed by atoms with van der Waals surface area (Å²) in [5, 5.41) is 3.87. The topological polar surface area (TPSA) is 54.4 Å². The zero-order valence-electron chi connectivity index (χ0n) is 9.38. The average Bonchev–Trinajstić information content (AvgIpc) is 2.40. The lowest BCUT2D eigenvalue weighted by Crippen LogP contribution is -2.18. The number of nitrogens with one attached hydrogen (secondary N) is 1. The van der Waals surface area contributed by atoms with Crippen molar-refractivity contribution in [2.24, 2.45) is 5.10 Å². The number of aromatic nitrogens is 1. The molecule has 5 heteroatoms. The van der Waals surface area contributed by atoms with Gasteiger partial charge in [-0.1, -0.05) is 18.2 Å². The van der Waals surface area contributed by atoms with Gasteiger partial charge in [-0.3, -0.25) is 9.78 Å². The minimum atomic E-state index is -0.261. The number of rotatable bonds is 3. The summed E-state index contributed by atoms with van der Waals surface area (Å²) in [6, 6.07) is 10.8. The summed E-state index contributed by atoms with van der Waals surface area (Å²) in [6.45, 7) is 0. The van der Waals surface area contributed by atoms with Crippen molar-refractivity contribution in [1.82, 2.24) is 10.4 Å². The molecule has 0 unspecified atom stereocenters. The second-order valence-electron chi connectivity index (χ2n) is 3.47. The number of hydrogen-bond donors (Lipinski definition) is 1. The maximum atomic E-state index is 11.8. The van der Waals surface area contributed by atoms with Gasteiger partial charge in [0.25, 0.3) is 5.91 Å². The minimum absolute atomic E-state index is 0.261. The van der Waals surface area contributed by atoms with Crippen LogP contribution in [-0.4, -0.2) is 17.1 Å². The summed E-state index contributed by atoms with van der Waals surface area (Å²) in [7, 11) is 0. The summed E-state index contributed by atoms with van der Waals surface area (Å²) in [4.78, 5) is 15.7. The van der Waals surface area contributed by atoms with Gasteiger partial charge in [0, 0.05) is 22.4 Å². The SMILES string of the molecule is O=C(N/N=C/c1cccnc1)c1ccccc1Br. The molecule has 0 spiro atoms. The lowest BCUT2D eigenvalue weighted by molar-refractivity contribution is 0.0954. The Balaban J connectivity index is 2.01. The van der Waals surface area contributed by atoms with Crippen molar-refractivity contribution >= 4 is 28.1 Å². The number of benzene rings is 1. The van der Waals surface area contributed by atoms with Gasteiger partial charge < -0.3 is 0 Å². The highest BCUT2D eigenvalue weighted by Gasteiger charge is 2.07. The molecule has 18 heavy (non-hydrogen) atoms. The molecule has 0 aliphatic rings. The predicted octanol–water partition coefficient (Wildman–Crippen LogP) is 2.61. The van der Waals surface area contributed by atoms with Gasteiger partial charge in [-0.25, -0.2) is 5.43 Å². The Hall–Kier alpha value is -2.01. The zero-order chi connectivity index (χ0) is 12.8. The third-order valence-electron chi connectivity index (χ3n) is 2.18. The van der Waals surface area contributed by atoms with Crippen molar-refractivity contribution in [3.63, 3.8) is 0 Å². The largest absolute Gasteiger partial charge is 0.272 e. The summed E-state index contributed by atoms with van der Waals surface area (Å²) in [5.41, 5.74) is 3.83. The molecule has 1 amide bonds. The molecule has 2 aromatic rings. The van der Waals surface area contributed by atoms with Crippen LogP contribution in [0.25, 0.3) is 0 Å². The first-order valence-electron chi connectivity index (χ1n) is 5.25. The van der Waals surface area contributed by atoms with E-state index in [2.05, 4.69) is 31.4 Å². The molecule has 0 saturated carbocycles. The third-order valence-corrected chi connectivity index (χ3v) is 2.87. The van der Waals surface area contributed by atoms with E-state index in [4.69, 9.17) is 0 Å². The highest BCUT2D eigenvalue weighted by atomic mass is 79.9. The Bertz CT molecular complexity index is 569. The van der Waals surface area contributed by atoms with Crippen LogP contribution in [0, 0.1) is 0 Å². The molecule has 0 saturated heterocycles. The highest BCUT2D eigenvalue weighted by Crippen LogP contribution is 2.15.